The van der Waals surface area contributed by atoms with Crippen molar-refractivity contribution in [2.24, 2.45) is 0 Å². The van der Waals surface area contributed by atoms with Gasteiger partial charge in [0.15, 0.2) is 0 Å². The molecular weight excluding hydrogens is 427 g/mol. The maximum absolute atomic E-state index is 12.3. The molecule has 1 aliphatic rings. The Morgan fingerprint density at radius 1 is 1.06 bits per heavy atom. The molecule has 1 fully saturated rings. The van der Waals surface area contributed by atoms with Crippen molar-refractivity contribution >= 4 is 11.7 Å². The average molecular weight is 453 g/mol. The molecule has 2 aromatic rings. The third-order valence-corrected chi connectivity index (χ3v) is 4.74. The van der Waals surface area contributed by atoms with Gasteiger partial charge in [0.25, 0.3) is 0 Å². The molecule has 8 nitrogen and oxygen atoms in total. The van der Waals surface area contributed by atoms with Gasteiger partial charge in [-0.3, -0.25) is 16.0 Å². The standard InChI is InChI=1S/C21H26F3N5O3/c1-13-11-18(25-12-14-3-7-16(31-2)8-4-14)28-19(26-13)29-20(30)27-15-5-9-17(10-6-15)32-21(22,23)24/h3-10,13,18-19,25-26,28H,11-12H2,1-2H3,(H2,27,29,30). The van der Waals surface area contributed by atoms with Crippen LogP contribution in [0.3, 0.4) is 0 Å². The highest BCUT2D eigenvalue weighted by Crippen LogP contribution is 2.23. The van der Waals surface area contributed by atoms with Gasteiger partial charge in [-0.2, -0.15) is 0 Å². The molecule has 0 radical (unpaired) electrons. The van der Waals surface area contributed by atoms with Gasteiger partial charge in [-0.15, -0.1) is 13.2 Å². The number of hydrogen-bond acceptors (Lipinski definition) is 6. The molecule has 1 aliphatic heterocycles. The first-order valence-corrected chi connectivity index (χ1v) is 10.0. The smallest absolute Gasteiger partial charge is 0.497 e. The number of ether oxygens (including phenoxy) is 2. The Balaban J connectivity index is 1.47. The fourth-order valence-electron chi connectivity index (χ4n) is 3.27. The van der Waals surface area contributed by atoms with Crippen LogP contribution in [0, 0.1) is 0 Å². The van der Waals surface area contributed by atoms with Crippen LogP contribution >= 0.6 is 0 Å². The van der Waals surface area contributed by atoms with Crippen LogP contribution in [0.15, 0.2) is 48.5 Å². The summed E-state index contributed by atoms with van der Waals surface area (Å²) < 4.78 is 45.7. The number of carbonyl (C=O) groups excluding carboxylic acids is 1. The Labute approximate surface area is 183 Å². The average Bonchev–Trinajstić information content (AvgIpc) is 2.72. The van der Waals surface area contributed by atoms with E-state index < -0.39 is 18.7 Å². The van der Waals surface area contributed by atoms with E-state index in [4.69, 9.17) is 4.74 Å². The Bertz CT molecular complexity index is 878. The molecule has 0 bridgehead atoms. The van der Waals surface area contributed by atoms with E-state index in [9.17, 15) is 18.0 Å². The summed E-state index contributed by atoms with van der Waals surface area (Å²) in [6.07, 6.45) is -4.51. The van der Waals surface area contributed by atoms with Crippen molar-refractivity contribution in [1.29, 1.82) is 0 Å². The summed E-state index contributed by atoms with van der Waals surface area (Å²) in [5, 5.41) is 15.2. The highest BCUT2D eigenvalue weighted by atomic mass is 19.4. The van der Waals surface area contributed by atoms with E-state index in [2.05, 4.69) is 31.3 Å². The van der Waals surface area contributed by atoms with Crippen LogP contribution in [-0.2, 0) is 6.54 Å². The molecule has 0 saturated carbocycles. The van der Waals surface area contributed by atoms with Crippen molar-refractivity contribution in [2.45, 2.75) is 44.7 Å². The Kier molecular flexibility index (Phi) is 7.78. The maximum atomic E-state index is 12.3. The van der Waals surface area contributed by atoms with E-state index in [1.54, 1.807) is 7.11 Å². The summed E-state index contributed by atoms with van der Waals surface area (Å²) in [6, 6.07) is 12.3. The van der Waals surface area contributed by atoms with Crippen LogP contribution in [0.5, 0.6) is 11.5 Å². The topological polar surface area (TPSA) is 95.7 Å². The van der Waals surface area contributed by atoms with Gasteiger partial charge in [-0.05, 0) is 55.3 Å². The molecule has 3 atom stereocenters. The largest absolute Gasteiger partial charge is 0.573 e. The second-order valence-electron chi connectivity index (χ2n) is 7.36. The number of methoxy groups -OCH3 is 1. The number of alkyl halides is 3. The fraction of sp³-hybridized carbons (Fsp3) is 0.381. The van der Waals surface area contributed by atoms with Crippen LogP contribution in [0.2, 0.25) is 0 Å². The molecule has 11 heteroatoms. The number of urea groups is 1. The second kappa shape index (κ2) is 10.5. The normalized spacial score (nSPS) is 21.0. The van der Waals surface area contributed by atoms with E-state index in [1.807, 2.05) is 31.2 Å². The van der Waals surface area contributed by atoms with Gasteiger partial charge in [0.2, 0.25) is 0 Å². The van der Waals surface area contributed by atoms with Crippen molar-refractivity contribution in [3.8, 4) is 11.5 Å². The zero-order chi connectivity index (χ0) is 23.1. The van der Waals surface area contributed by atoms with Gasteiger partial charge in [0.1, 0.15) is 17.8 Å². The molecular formula is C21H26F3N5O3. The summed E-state index contributed by atoms with van der Waals surface area (Å²) >= 11 is 0. The van der Waals surface area contributed by atoms with Crippen molar-refractivity contribution in [2.75, 3.05) is 12.4 Å². The molecule has 0 spiro atoms. The number of hydrogen-bond donors (Lipinski definition) is 5. The Morgan fingerprint density at radius 3 is 2.34 bits per heavy atom. The molecule has 0 aliphatic carbocycles. The first-order chi connectivity index (χ1) is 15.2. The minimum Gasteiger partial charge on any atom is -0.497 e. The van der Waals surface area contributed by atoms with Gasteiger partial charge in [-0.1, -0.05) is 12.1 Å². The molecule has 2 amide bonds. The Hall–Kier alpha value is -3.02. The molecule has 5 N–H and O–H groups in total. The summed E-state index contributed by atoms with van der Waals surface area (Å²) in [4.78, 5) is 12.3. The lowest BCUT2D eigenvalue weighted by molar-refractivity contribution is -0.274. The number of halogens is 3. The van der Waals surface area contributed by atoms with Crippen molar-refractivity contribution in [3.05, 3.63) is 54.1 Å². The lowest BCUT2D eigenvalue weighted by Crippen LogP contribution is -2.67. The molecule has 174 valence electrons. The SMILES string of the molecule is COc1ccc(CNC2CC(C)NC(NC(=O)Nc3ccc(OC(F)(F)F)cc3)N2)cc1. The quantitative estimate of drug-likeness (QED) is 0.442. The van der Waals surface area contributed by atoms with E-state index in [-0.39, 0.29) is 18.0 Å². The predicted molar refractivity (Wildman–Crippen MR) is 113 cm³/mol. The molecule has 1 heterocycles. The highest BCUT2D eigenvalue weighted by molar-refractivity contribution is 5.89. The highest BCUT2D eigenvalue weighted by Gasteiger charge is 2.31. The minimum atomic E-state index is -4.76. The number of benzene rings is 2. The maximum Gasteiger partial charge on any atom is 0.573 e. The number of anilines is 1. The second-order valence-corrected chi connectivity index (χ2v) is 7.36. The van der Waals surface area contributed by atoms with Gasteiger partial charge < -0.3 is 20.1 Å². The lowest BCUT2D eigenvalue weighted by atomic mass is 10.1. The van der Waals surface area contributed by atoms with E-state index in [1.165, 1.54) is 12.1 Å². The fourth-order valence-corrected chi connectivity index (χ4v) is 3.27. The number of rotatable bonds is 7. The zero-order valence-corrected chi connectivity index (χ0v) is 17.6. The number of amides is 2. The van der Waals surface area contributed by atoms with Crippen LogP contribution in [0.25, 0.3) is 0 Å². The van der Waals surface area contributed by atoms with Gasteiger partial charge in [0.05, 0.1) is 13.3 Å². The summed E-state index contributed by atoms with van der Waals surface area (Å²) in [6.45, 7) is 2.65. The summed E-state index contributed by atoms with van der Waals surface area (Å²) in [7, 11) is 1.62. The van der Waals surface area contributed by atoms with Crippen LogP contribution in [0.4, 0.5) is 23.7 Å². The molecule has 1 saturated heterocycles. The van der Waals surface area contributed by atoms with Gasteiger partial charge >= 0.3 is 12.4 Å². The number of carbonyl (C=O) groups is 1. The first kappa shape index (κ1) is 23.6. The third-order valence-electron chi connectivity index (χ3n) is 4.74. The van der Waals surface area contributed by atoms with Crippen LogP contribution in [0.1, 0.15) is 18.9 Å². The minimum absolute atomic E-state index is 0.0440. The van der Waals surface area contributed by atoms with Gasteiger partial charge in [0, 0.05) is 18.3 Å². The zero-order valence-electron chi connectivity index (χ0n) is 17.6. The van der Waals surface area contributed by atoms with Crippen molar-refractivity contribution in [3.63, 3.8) is 0 Å². The van der Waals surface area contributed by atoms with E-state index in [0.29, 0.717) is 12.2 Å². The molecule has 3 unspecified atom stereocenters. The van der Waals surface area contributed by atoms with Crippen molar-refractivity contribution in [1.82, 2.24) is 21.3 Å². The third kappa shape index (κ3) is 7.59. The van der Waals surface area contributed by atoms with Crippen LogP contribution in [-0.4, -0.2) is 38.0 Å². The molecule has 0 aromatic heterocycles. The lowest BCUT2D eigenvalue weighted by Gasteiger charge is -2.36. The van der Waals surface area contributed by atoms with Crippen LogP contribution < -0.4 is 36.1 Å². The monoisotopic (exact) mass is 453 g/mol. The first-order valence-electron chi connectivity index (χ1n) is 10.0. The van der Waals surface area contributed by atoms with E-state index in [0.717, 1.165) is 29.9 Å². The summed E-state index contributed by atoms with van der Waals surface area (Å²) in [5.74, 6) is 0.429. The Morgan fingerprint density at radius 2 is 1.72 bits per heavy atom. The molecule has 32 heavy (non-hydrogen) atoms. The predicted octanol–water partition coefficient (Wildman–Crippen LogP) is 3.09. The van der Waals surface area contributed by atoms with Gasteiger partial charge in [-0.25, -0.2) is 4.79 Å². The molecule has 2 aromatic carbocycles. The van der Waals surface area contributed by atoms with E-state index >= 15 is 0 Å². The van der Waals surface area contributed by atoms with Crippen molar-refractivity contribution < 1.29 is 27.4 Å². The summed E-state index contributed by atoms with van der Waals surface area (Å²) in [5.41, 5.74) is 1.43. The molecule has 3 rings (SSSR count). The number of nitrogens with one attached hydrogen (secondary N) is 5.